The summed E-state index contributed by atoms with van der Waals surface area (Å²) in [7, 11) is -3.07. The van der Waals surface area contributed by atoms with E-state index in [1.807, 2.05) is 32.0 Å². The Morgan fingerprint density at radius 2 is 2.16 bits per heavy atom. The SMILES string of the molecule is Cc1ccc(-n2nnnc2SCC(=O)O[C@@H]2CCS(=O)(=O)C2)cc1C. The van der Waals surface area contributed by atoms with Crippen LogP contribution in [0.5, 0.6) is 0 Å². The number of thioether (sulfide) groups is 1. The van der Waals surface area contributed by atoms with Crippen LogP contribution in [0.4, 0.5) is 0 Å². The van der Waals surface area contributed by atoms with Gasteiger partial charge in [0.15, 0.2) is 9.84 Å². The summed E-state index contributed by atoms with van der Waals surface area (Å²) in [6, 6.07) is 5.86. The molecule has 0 N–H and O–H groups in total. The number of carbonyl (C=O) groups excluding carboxylic acids is 1. The predicted octanol–water partition coefficient (Wildman–Crippen LogP) is 1.10. The van der Waals surface area contributed by atoms with Gasteiger partial charge in [-0.2, -0.15) is 4.68 Å². The summed E-state index contributed by atoms with van der Waals surface area (Å²) in [5.74, 6) is -0.476. The van der Waals surface area contributed by atoms with Gasteiger partial charge in [0, 0.05) is 0 Å². The lowest BCUT2D eigenvalue weighted by molar-refractivity contribution is -0.144. The van der Waals surface area contributed by atoms with Crippen molar-refractivity contribution in [3.63, 3.8) is 0 Å². The number of sulfone groups is 1. The van der Waals surface area contributed by atoms with Crippen LogP contribution in [0.2, 0.25) is 0 Å². The van der Waals surface area contributed by atoms with Gasteiger partial charge in [0.25, 0.3) is 0 Å². The van der Waals surface area contributed by atoms with E-state index in [4.69, 9.17) is 4.74 Å². The van der Waals surface area contributed by atoms with Gasteiger partial charge in [0.1, 0.15) is 6.10 Å². The van der Waals surface area contributed by atoms with E-state index in [9.17, 15) is 13.2 Å². The molecule has 2 aromatic rings. The molecule has 134 valence electrons. The van der Waals surface area contributed by atoms with Gasteiger partial charge in [-0.1, -0.05) is 17.8 Å². The summed E-state index contributed by atoms with van der Waals surface area (Å²) in [6.45, 7) is 4.02. The molecular formula is C15H18N4O4S2. The quantitative estimate of drug-likeness (QED) is 0.559. The molecule has 1 atom stereocenters. The fourth-order valence-electron chi connectivity index (χ4n) is 2.49. The first-order valence-electron chi connectivity index (χ1n) is 7.73. The highest BCUT2D eigenvalue weighted by molar-refractivity contribution is 7.99. The molecule has 8 nitrogen and oxygen atoms in total. The summed E-state index contributed by atoms with van der Waals surface area (Å²) in [4.78, 5) is 11.9. The smallest absolute Gasteiger partial charge is 0.316 e. The third kappa shape index (κ3) is 4.37. The lowest BCUT2D eigenvalue weighted by Gasteiger charge is -2.10. The van der Waals surface area contributed by atoms with Crippen molar-refractivity contribution in [1.82, 2.24) is 20.2 Å². The highest BCUT2D eigenvalue weighted by Crippen LogP contribution is 2.21. The summed E-state index contributed by atoms with van der Waals surface area (Å²) >= 11 is 1.15. The van der Waals surface area contributed by atoms with Crippen molar-refractivity contribution in [2.45, 2.75) is 31.5 Å². The van der Waals surface area contributed by atoms with Crippen LogP contribution in [0.1, 0.15) is 17.5 Å². The molecule has 1 saturated heterocycles. The Hall–Kier alpha value is -1.94. The molecule has 10 heteroatoms. The topological polar surface area (TPSA) is 104 Å². The molecule has 0 unspecified atom stereocenters. The Morgan fingerprint density at radius 1 is 1.36 bits per heavy atom. The molecule has 25 heavy (non-hydrogen) atoms. The second-order valence-corrected chi connectivity index (χ2v) is 9.12. The Balaban J connectivity index is 1.62. The second kappa shape index (κ2) is 7.12. The predicted molar refractivity (Wildman–Crippen MR) is 92.5 cm³/mol. The van der Waals surface area contributed by atoms with Crippen LogP contribution >= 0.6 is 11.8 Å². The maximum Gasteiger partial charge on any atom is 0.316 e. The normalized spacial score (nSPS) is 19.0. The molecule has 1 fully saturated rings. The largest absolute Gasteiger partial charge is 0.461 e. The van der Waals surface area contributed by atoms with Crippen LogP contribution in [0, 0.1) is 13.8 Å². The van der Waals surface area contributed by atoms with Gasteiger partial charge in [-0.25, -0.2) is 8.42 Å². The molecule has 2 heterocycles. The van der Waals surface area contributed by atoms with Crippen LogP contribution < -0.4 is 0 Å². The summed E-state index contributed by atoms with van der Waals surface area (Å²) in [5, 5.41) is 12.0. The first kappa shape index (κ1) is 17.9. The van der Waals surface area contributed by atoms with Crippen molar-refractivity contribution in [3.8, 4) is 5.69 Å². The van der Waals surface area contributed by atoms with Gasteiger partial charge in [0.05, 0.1) is 22.9 Å². The zero-order valence-corrected chi connectivity index (χ0v) is 15.5. The number of aryl methyl sites for hydroxylation is 2. The van der Waals surface area contributed by atoms with Crippen LogP contribution in [-0.2, 0) is 19.4 Å². The van der Waals surface area contributed by atoms with Crippen molar-refractivity contribution in [2.24, 2.45) is 0 Å². The molecule has 1 aliphatic rings. The third-order valence-electron chi connectivity index (χ3n) is 3.98. The first-order chi connectivity index (χ1) is 11.8. The van der Waals surface area contributed by atoms with Crippen LogP contribution in [0.15, 0.2) is 23.4 Å². The van der Waals surface area contributed by atoms with Crippen molar-refractivity contribution in [1.29, 1.82) is 0 Å². The number of tetrazole rings is 1. The molecule has 1 aromatic carbocycles. The van der Waals surface area contributed by atoms with Crippen molar-refractivity contribution in [2.75, 3.05) is 17.3 Å². The number of aromatic nitrogens is 4. The van der Waals surface area contributed by atoms with Crippen LogP contribution in [-0.4, -0.2) is 58.0 Å². The van der Waals surface area contributed by atoms with E-state index in [0.29, 0.717) is 11.6 Å². The number of hydrogen-bond acceptors (Lipinski definition) is 8. The summed E-state index contributed by atoms with van der Waals surface area (Å²) in [6.07, 6.45) is -0.187. The zero-order valence-electron chi connectivity index (χ0n) is 13.9. The Bertz CT molecular complexity index is 895. The standard InChI is InChI=1S/C15H18N4O4S2/c1-10-3-4-12(7-11(10)2)19-15(16-17-18-19)24-8-14(20)23-13-5-6-25(21,22)9-13/h3-4,7,13H,5-6,8-9H2,1-2H3/t13-/m1/s1. The lowest BCUT2D eigenvalue weighted by atomic mass is 10.1. The molecule has 1 aliphatic heterocycles. The Labute approximate surface area is 149 Å². The summed E-state index contributed by atoms with van der Waals surface area (Å²) in [5.41, 5.74) is 3.10. The molecule has 0 bridgehead atoms. The molecule has 0 saturated carbocycles. The number of hydrogen-bond donors (Lipinski definition) is 0. The van der Waals surface area contributed by atoms with Gasteiger partial charge >= 0.3 is 5.97 Å². The van der Waals surface area contributed by atoms with E-state index in [0.717, 1.165) is 23.0 Å². The zero-order chi connectivity index (χ0) is 18.0. The maximum atomic E-state index is 11.9. The van der Waals surface area contributed by atoms with E-state index < -0.39 is 21.9 Å². The molecular weight excluding hydrogens is 364 g/mol. The van der Waals surface area contributed by atoms with E-state index in [1.165, 1.54) is 5.56 Å². The molecule has 0 amide bonds. The van der Waals surface area contributed by atoms with E-state index in [1.54, 1.807) is 4.68 Å². The molecule has 0 aliphatic carbocycles. The summed E-state index contributed by atoms with van der Waals surface area (Å²) < 4.78 is 29.6. The average Bonchev–Trinajstić information content (AvgIpc) is 3.14. The Morgan fingerprint density at radius 3 is 2.84 bits per heavy atom. The number of nitrogens with zero attached hydrogens (tertiary/aromatic N) is 4. The molecule has 1 aromatic heterocycles. The Kier molecular flexibility index (Phi) is 5.09. The van der Waals surface area contributed by atoms with E-state index >= 15 is 0 Å². The van der Waals surface area contributed by atoms with Gasteiger partial charge in [-0.05, 0) is 54.0 Å². The minimum atomic E-state index is -3.07. The fourth-order valence-corrected chi connectivity index (χ4v) is 4.75. The number of carbonyl (C=O) groups is 1. The highest BCUT2D eigenvalue weighted by Gasteiger charge is 2.30. The fraction of sp³-hybridized carbons (Fsp3) is 0.467. The van der Waals surface area contributed by atoms with Crippen molar-refractivity contribution < 1.29 is 17.9 Å². The van der Waals surface area contributed by atoms with E-state index in [2.05, 4.69) is 15.5 Å². The molecule has 0 radical (unpaired) electrons. The van der Waals surface area contributed by atoms with Crippen molar-refractivity contribution >= 4 is 27.6 Å². The number of esters is 1. The third-order valence-corrected chi connectivity index (χ3v) is 6.61. The molecule has 3 rings (SSSR count). The second-order valence-electron chi connectivity index (χ2n) is 5.95. The van der Waals surface area contributed by atoms with Gasteiger partial charge in [-0.3, -0.25) is 4.79 Å². The van der Waals surface area contributed by atoms with Crippen LogP contribution in [0.3, 0.4) is 0 Å². The first-order valence-corrected chi connectivity index (χ1v) is 10.5. The maximum absolute atomic E-state index is 11.9. The van der Waals surface area contributed by atoms with Gasteiger partial charge in [-0.15, -0.1) is 5.10 Å². The van der Waals surface area contributed by atoms with Gasteiger partial charge < -0.3 is 4.74 Å². The lowest BCUT2D eigenvalue weighted by Crippen LogP contribution is -2.20. The minimum absolute atomic E-state index is 0.0156. The number of ether oxygens (including phenoxy) is 1. The highest BCUT2D eigenvalue weighted by atomic mass is 32.2. The number of rotatable bonds is 5. The molecule has 0 spiro atoms. The van der Waals surface area contributed by atoms with Crippen LogP contribution in [0.25, 0.3) is 5.69 Å². The number of benzene rings is 1. The van der Waals surface area contributed by atoms with Gasteiger partial charge in [0.2, 0.25) is 5.16 Å². The van der Waals surface area contributed by atoms with E-state index in [-0.39, 0.29) is 17.3 Å². The van der Waals surface area contributed by atoms with Crippen molar-refractivity contribution in [3.05, 3.63) is 29.3 Å². The monoisotopic (exact) mass is 382 g/mol. The average molecular weight is 382 g/mol. The minimum Gasteiger partial charge on any atom is -0.461 e.